The Balaban J connectivity index is 1.79. The summed E-state index contributed by atoms with van der Waals surface area (Å²) >= 11 is 7.05. The number of carbonyl (C=O) groups is 1. The largest absolute Gasteiger partial charge is 0.378 e. The molecule has 1 aliphatic heterocycles. The van der Waals surface area contributed by atoms with Crippen LogP contribution in [0.3, 0.4) is 0 Å². The lowest BCUT2D eigenvalue weighted by Crippen LogP contribution is -2.32. The smallest absolute Gasteiger partial charge is 0.282 e. The summed E-state index contributed by atoms with van der Waals surface area (Å²) < 4.78 is 1.84. The molecule has 0 atom stereocenters. The summed E-state index contributed by atoms with van der Waals surface area (Å²) in [5.74, 6) is 0.450. The summed E-state index contributed by atoms with van der Waals surface area (Å²) in [6, 6.07) is 23.5. The van der Waals surface area contributed by atoms with Crippen molar-refractivity contribution >= 4 is 61.1 Å². The zero-order chi connectivity index (χ0) is 21.3. The Kier molecular flexibility index (Phi) is 5.88. The standard InChI is InChI=1S/C24H19Br2N3O/c1-28(2)18-11-7-16(8-12-18)15-22-24(30)29(19-13-9-17(25)10-14-19)23(27-22)20-5-3-4-6-21(20)26/h3-15H,1-2H3/b22-15+. The molecule has 0 saturated heterocycles. The van der Waals surface area contributed by atoms with E-state index in [-0.39, 0.29) is 5.91 Å². The highest BCUT2D eigenvalue weighted by Gasteiger charge is 2.33. The van der Waals surface area contributed by atoms with E-state index in [4.69, 9.17) is 4.99 Å². The van der Waals surface area contributed by atoms with Crippen LogP contribution in [-0.4, -0.2) is 25.8 Å². The van der Waals surface area contributed by atoms with Gasteiger partial charge in [0.15, 0.2) is 0 Å². The molecule has 0 aliphatic carbocycles. The maximum absolute atomic E-state index is 13.4. The van der Waals surface area contributed by atoms with Crippen LogP contribution in [0.5, 0.6) is 0 Å². The number of benzene rings is 3. The van der Waals surface area contributed by atoms with E-state index in [1.54, 1.807) is 4.90 Å². The van der Waals surface area contributed by atoms with Crippen LogP contribution in [0.1, 0.15) is 11.1 Å². The molecule has 0 aromatic heterocycles. The first-order valence-corrected chi connectivity index (χ1v) is 11.0. The van der Waals surface area contributed by atoms with Crippen molar-refractivity contribution in [2.45, 2.75) is 0 Å². The molecule has 6 heteroatoms. The van der Waals surface area contributed by atoms with E-state index in [0.29, 0.717) is 11.5 Å². The summed E-state index contributed by atoms with van der Waals surface area (Å²) in [5, 5.41) is 0. The Labute approximate surface area is 192 Å². The van der Waals surface area contributed by atoms with Crippen LogP contribution in [0.4, 0.5) is 11.4 Å². The maximum Gasteiger partial charge on any atom is 0.282 e. The molecule has 1 amide bonds. The Morgan fingerprint density at radius 1 is 0.900 bits per heavy atom. The molecule has 0 spiro atoms. The van der Waals surface area contributed by atoms with Crippen molar-refractivity contribution in [3.8, 4) is 0 Å². The van der Waals surface area contributed by atoms with Crippen LogP contribution >= 0.6 is 31.9 Å². The van der Waals surface area contributed by atoms with Crippen LogP contribution in [0.2, 0.25) is 0 Å². The molecular formula is C24H19Br2N3O. The van der Waals surface area contributed by atoms with E-state index >= 15 is 0 Å². The van der Waals surface area contributed by atoms with Gasteiger partial charge in [-0.15, -0.1) is 0 Å². The first kappa shape index (κ1) is 20.6. The molecule has 0 bridgehead atoms. The second-order valence-electron chi connectivity index (χ2n) is 7.05. The first-order chi connectivity index (χ1) is 14.4. The van der Waals surface area contributed by atoms with Crippen molar-refractivity contribution in [1.29, 1.82) is 0 Å². The topological polar surface area (TPSA) is 35.9 Å². The summed E-state index contributed by atoms with van der Waals surface area (Å²) in [7, 11) is 4.00. The monoisotopic (exact) mass is 523 g/mol. The summed E-state index contributed by atoms with van der Waals surface area (Å²) in [6.45, 7) is 0. The van der Waals surface area contributed by atoms with Gasteiger partial charge in [0.1, 0.15) is 11.5 Å². The number of amidine groups is 1. The second kappa shape index (κ2) is 8.58. The molecule has 1 heterocycles. The van der Waals surface area contributed by atoms with Crippen molar-refractivity contribution < 1.29 is 4.79 Å². The number of hydrogen-bond donors (Lipinski definition) is 0. The Bertz CT molecular complexity index is 1150. The van der Waals surface area contributed by atoms with Crippen molar-refractivity contribution in [3.63, 3.8) is 0 Å². The maximum atomic E-state index is 13.4. The molecule has 1 aliphatic rings. The van der Waals surface area contributed by atoms with Crippen LogP contribution in [0.25, 0.3) is 6.08 Å². The summed E-state index contributed by atoms with van der Waals surface area (Å²) in [5.41, 5.74) is 4.06. The van der Waals surface area contributed by atoms with Crippen molar-refractivity contribution in [3.05, 3.63) is 98.6 Å². The molecule has 3 aromatic rings. The van der Waals surface area contributed by atoms with E-state index in [0.717, 1.165) is 31.4 Å². The van der Waals surface area contributed by atoms with Crippen molar-refractivity contribution in [2.24, 2.45) is 4.99 Å². The van der Waals surface area contributed by atoms with E-state index in [1.165, 1.54) is 0 Å². The Morgan fingerprint density at radius 3 is 2.20 bits per heavy atom. The number of halogens is 2. The van der Waals surface area contributed by atoms with Crippen molar-refractivity contribution in [1.82, 2.24) is 0 Å². The summed E-state index contributed by atoms with van der Waals surface area (Å²) in [4.78, 5) is 21.8. The minimum Gasteiger partial charge on any atom is -0.378 e. The van der Waals surface area contributed by atoms with Gasteiger partial charge in [0.25, 0.3) is 5.91 Å². The third-order valence-corrected chi connectivity index (χ3v) is 5.99. The molecule has 4 rings (SSSR count). The lowest BCUT2D eigenvalue weighted by atomic mass is 10.1. The van der Waals surface area contributed by atoms with Gasteiger partial charge in [-0.05, 0) is 54.1 Å². The molecule has 0 saturated carbocycles. The summed E-state index contributed by atoms with van der Waals surface area (Å²) in [6.07, 6.45) is 1.83. The number of hydrogen-bond acceptors (Lipinski definition) is 3. The van der Waals surface area contributed by atoms with Gasteiger partial charge < -0.3 is 4.90 Å². The normalized spacial score (nSPS) is 14.9. The van der Waals surface area contributed by atoms with E-state index < -0.39 is 0 Å². The zero-order valence-electron chi connectivity index (χ0n) is 16.5. The zero-order valence-corrected chi connectivity index (χ0v) is 19.7. The van der Waals surface area contributed by atoms with Crippen LogP contribution in [-0.2, 0) is 4.79 Å². The van der Waals surface area contributed by atoms with Crippen LogP contribution in [0, 0.1) is 0 Å². The van der Waals surface area contributed by atoms with Crippen LogP contribution < -0.4 is 9.80 Å². The van der Waals surface area contributed by atoms with Gasteiger partial charge in [-0.25, -0.2) is 4.99 Å². The quantitative estimate of drug-likeness (QED) is 0.386. The lowest BCUT2D eigenvalue weighted by molar-refractivity contribution is -0.113. The number of amides is 1. The molecule has 0 radical (unpaired) electrons. The predicted octanol–water partition coefficient (Wildman–Crippen LogP) is 6.11. The minimum atomic E-state index is -0.153. The number of rotatable bonds is 4. The number of aliphatic imine (C=N–C) groups is 1. The Hall–Kier alpha value is -2.70. The Morgan fingerprint density at radius 2 is 1.57 bits per heavy atom. The van der Waals surface area contributed by atoms with Crippen LogP contribution in [0.15, 0.2) is 92.4 Å². The molecule has 4 nitrogen and oxygen atoms in total. The highest BCUT2D eigenvalue weighted by atomic mass is 79.9. The molecule has 0 fully saturated rings. The van der Waals surface area contributed by atoms with Crippen molar-refractivity contribution in [2.75, 3.05) is 23.9 Å². The van der Waals surface area contributed by atoms with E-state index in [2.05, 4.69) is 31.9 Å². The van der Waals surface area contributed by atoms with Gasteiger partial charge in [0.2, 0.25) is 0 Å². The fourth-order valence-electron chi connectivity index (χ4n) is 3.20. The predicted molar refractivity (Wildman–Crippen MR) is 131 cm³/mol. The van der Waals surface area contributed by atoms with Gasteiger partial charge >= 0.3 is 0 Å². The molecule has 3 aromatic carbocycles. The fraction of sp³-hybridized carbons (Fsp3) is 0.0833. The third kappa shape index (κ3) is 4.11. The average molecular weight is 525 g/mol. The SMILES string of the molecule is CN(C)c1ccc(/C=C2/N=C(c3ccccc3Br)N(c3ccc(Br)cc3)C2=O)cc1. The first-order valence-electron chi connectivity index (χ1n) is 9.37. The molecule has 0 unspecified atom stereocenters. The number of anilines is 2. The number of nitrogens with zero attached hydrogens (tertiary/aromatic N) is 3. The molecular weight excluding hydrogens is 506 g/mol. The van der Waals surface area contributed by atoms with Gasteiger partial charge in [-0.2, -0.15) is 0 Å². The highest BCUT2D eigenvalue weighted by molar-refractivity contribution is 9.10. The molecule has 150 valence electrons. The second-order valence-corrected chi connectivity index (χ2v) is 8.82. The van der Waals surface area contributed by atoms with E-state index in [1.807, 2.05) is 97.9 Å². The van der Waals surface area contributed by atoms with Gasteiger partial charge in [0.05, 0.1) is 5.69 Å². The third-order valence-electron chi connectivity index (χ3n) is 4.77. The highest BCUT2D eigenvalue weighted by Crippen LogP contribution is 2.31. The molecule has 0 N–H and O–H groups in total. The number of carbonyl (C=O) groups excluding carboxylic acids is 1. The lowest BCUT2D eigenvalue weighted by Gasteiger charge is -2.19. The van der Waals surface area contributed by atoms with E-state index in [9.17, 15) is 4.79 Å². The van der Waals surface area contributed by atoms with Gasteiger partial charge in [-0.3, -0.25) is 9.69 Å². The fourth-order valence-corrected chi connectivity index (χ4v) is 3.92. The average Bonchev–Trinajstić information content (AvgIpc) is 3.05. The van der Waals surface area contributed by atoms with Gasteiger partial charge in [-0.1, -0.05) is 62.2 Å². The van der Waals surface area contributed by atoms with Gasteiger partial charge in [0, 0.05) is 34.3 Å². The molecule has 30 heavy (non-hydrogen) atoms. The minimum absolute atomic E-state index is 0.153.